The first-order chi connectivity index (χ1) is 19.4. The molecule has 1 fully saturated rings. The Morgan fingerprint density at radius 3 is 1.78 bits per heavy atom. The molecule has 4 atom stereocenters. The third-order valence-corrected chi connectivity index (χ3v) is 6.27. The molecule has 5 N–H and O–H groups in total. The highest BCUT2D eigenvalue weighted by atomic mass is 16.6. The van der Waals surface area contributed by atoms with Crippen molar-refractivity contribution in [3.05, 3.63) is 53.6 Å². The minimum Gasteiger partial charge on any atom is -0.504 e. The Bertz CT molecular complexity index is 1320. The number of aliphatic hydroxyl groups is 2. The molecule has 2 aromatic rings. The van der Waals surface area contributed by atoms with Crippen molar-refractivity contribution >= 4 is 30.1 Å². The van der Waals surface area contributed by atoms with E-state index in [0.717, 1.165) is 19.3 Å². The van der Waals surface area contributed by atoms with E-state index in [1.807, 2.05) is 0 Å². The number of phenolic OH excluding ortho intramolecular Hbond substituents is 3. The van der Waals surface area contributed by atoms with Crippen molar-refractivity contribution in [2.45, 2.75) is 36.8 Å². The van der Waals surface area contributed by atoms with Gasteiger partial charge in [0.25, 0.3) is 0 Å². The Balaban J connectivity index is 1.76. The van der Waals surface area contributed by atoms with Gasteiger partial charge in [-0.2, -0.15) is 0 Å². The van der Waals surface area contributed by atoms with E-state index in [0.29, 0.717) is 11.1 Å². The average molecular weight is 575 g/mol. The smallest absolute Gasteiger partial charge is 0.338 e. The number of carbonyl (C=O) groups excluding carboxylic acids is 3. The van der Waals surface area contributed by atoms with E-state index in [1.54, 1.807) is 0 Å². The lowest BCUT2D eigenvalue weighted by Gasteiger charge is -2.41. The zero-order chi connectivity index (χ0) is 30.3. The van der Waals surface area contributed by atoms with Crippen molar-refractivity contribution in [3.63, 3.8) is 0 Å². The van der Waals surface area contributed by atoms with Crippen LogP contribution in [0.4, 0.5) is 0 Å². The van der Waals surface area contributed by atoms with Crippen molar-refractivity contribution < 1.29 is 63.6 Å². The van der Waals surface area contributed by atoms with Gasteiger partial charge in [0.2, 0.25) is 5.75 Å². The highest BCUT2D eigenvalue weighted by molar-refractivity contribution is 5.88. The molecular weight excluding hydrogens is 544 g/mol. The average Bonchev–Trinajstić information content (AvgIpc) is 2.95. The zero-order valence-corrected chi connectivity index (χ0v) is 22.3. The van der Waals surface area contributed by atoms with Crippen molar-refractivity contribution in [2.75, 3.05) is 21.3 Å². The molecule has 220 valence electrons. The summed E-state index contributed by atoms with van der Waals surface area (Å²) in [4.78, 5) is 37.4. The largest absolute Gasteiger partial charge is 0.504 e. The van der Waals surface area contributed by atoms with Crippen LogP contribution in [0, 0.1) is 0 Å². The SMILES string of the molecule is COC(=O)C1(O)C[C@@H](OC(=O)/C=C/c2ccc(O)c(O)c2)C(O)[C@H](OC(=O)/C=C/c2cc(OC)c(O)c(OC)c2)C1. The molecule has 41 heavy (non-hydrogen) atoms. The molecule has 0 aromatic heterocycles. The molecule has 0 saturated heterocycles. The van der Waals surface area contributed by atoms with Gasteiger partial charge in [0.1, 0.15) is 18.3 Å². The second kappa shape index (κ2) is 13.1. The summed E-state index contributed by atoms with van der Waals surface area (Å²) >= 11 is 0. The van der Waals surface area contributed by atoms with Crippen LogP contribution in [0.25, 0.3) is 12.2 Å². The molecule has 0 radical (unpaired) electrons. The number of aliphatic hydroxyl groups excluding tert-OH is 1. The van der Waals surface area contributed by atoms with Crippen molar-refractivity contribution in [1.82, 2.24) is 0 Å². The number of methoxy groups -OCH3 is 3. The Labute approximate surface area is 234 Å². The molecule has 13 nitrogen and oxygen atoms in total. The molecule has 0 amide bonds. The maximum absolute atomic E-state index is 12.6. The first kappa shape index (κ1) is 30.8. The van der Waals surface area contributed by atoms with Gasteiger partial charge >= 0.3 is 17.9 Å². The van der Waals surface area contributed by atoms with Crippen LogP contribution in [0.2, 0.25) is 0 Å². The molecule has 0 heterocycles. The molecule has 0 bridgehead atoms. The van der Waals surface area contributed by atoms with E-state index in [9.17, 15) is 39.9 Å². The normalized spacial score (nSPS) is 22.3. The summed E-state index contributed by atoms with van der Waals surface area (Å²) < 4.78 is 25.4. The molecule has 2 aromatic carbocycles. The summed E-state index contributed by atoms with van der Waals surface area (Å²) in [5, 5.41) is 50.8. The molecule has 0 spiro atoms. The van der Waals surface area contributed by atoms with Crippen molar-refractivity contribution in [3.8, 4) is 28.7 Å². The standard InChI is InChI=1S/C28H30O13/c1-37-19-11-16(12-20(38-2)25(19)33)6-9-24(32)41-22-14-28(36,27(35)39-3)13-21(26(22)34)40-23(31)8-5-15-4-7-17(29)18(30)10-15/h4-12,21-22,26,29-30,33-34,36H,13-14H2,1-3H3/b8-5+,9-6+/t21-,22-,26?,28?/m1/s1. The molecule has 0 aliphatic heterocycles. The number of aromatic hydroxyl groups is 3. The van der Waals surface area contributed by atoms with E-state index < -0.39 is 60.4 Å². The molecule has 1 saturated carbocycles. The predicted molar refractivity (Wildman–Crippen MR) is 141 cm³/mol. The van der Waals surface area contributed by atoms with Crippen LogP contribution >= 0.6 is 0 Å². The highest BCUT2D eigenvalue weighted by Gasteiger charge is 2.52. The second-order valence-electron chi connectivity index (χ2n) is 9.06. The Hall–Kier alpha value is -4.75. The molecule has 1 aliphatic carbocycles. The zero-order valence-electron chi connectivity index (χ0n) is 22.3. The van der Waals surface area contributed by atoms with Gasteiger partial charge in [-0.05, 0) is 47.5 Å². The van der Waals surface area contributed by atoms with Crippen LogP contribution in [0.1, 0.15) is 24.0 Å². The second-order valence-corrected chi connectivity index (χ2v) is 9.06. The summed E-state index contributed by atoms with van der Waals surface area (Å²) in [6.45, 7) is 0. The number of hydrogen-bond donors (Lipinski definition) is 5. The molecule has 2 unspecified atom stereocenters. The van der Waals surface area contributed by atoms with E-state index in [1.165, 1.54) is 56.7 Å². The molecule has 13 heteroatoms. The van der Waals surface area contributed by atoms with Crippen molar-refractivity contribution in [1.29, 1.82) is 0 Å². The maximum atomic E-state index is 12.6. The van der Waals surface area contributed by atoms with E-state index in [2.05, 4.69) is 4.74 Å². The van der Waals surface area contributed by atoms with Gasteiger partial charge in [-0.3, -0.25) is 0 Å². The summed E-state index contributed by atoms with van der Waals surface area (Å²) in [6.07, 6.45) is -1.13. The number of carbonyl (C=O) groups is 3. The van der Waals surface area contributed by atoms with Crippen LogP contribution in [-0.2, 0) is 28.6 Å². The fourth-order valence-electron chi connectivity index (χ4n) is 4.17. The van der Waals surface area contributed by atoms with Crippen LogP contribution in [-0.4, -0.2) is 88.7 Å². The van der Waals surface area contributed by atoms with Gasteiger partial charge < -0.3 is 49.2 Å². The molecule has 3 rings (SSSR count). The summed E-state index contributed by atoms with van der Waals surface area (Å²) in [5.41, 5.74) is -1.52. The van der Waals surface area contributed by atoms with E-state index in [-0.39, 0.29) is 23.0 Å². The Morgan fingerprint density at radius 2 is 1.32 bits per heavy atom. The number of esters is 3. The van der Waals surface area contributed by atoms with E-state index >= 15 is 0 Å². The summed E-state index contributed by atoms with van der Waals surface area (Å²) in [7, 11) is 3.70. The van der Waals surface area contributed by atoms with Crippen LogP contribution in [0.15, 0.2) is 42.5 Å². The third kappa shape index (κ3) is 7.47. The quantitative estimate of drug-likeness (QED) is 0.125. The van der Waals surface area contributed by atoms with Gasteiger partial charge in [-0.25, -0.2) is 14.4 Å². The number of phenols is 3. The number of ether oxygens (including phenoxy) is 5. The Kier molecular flexibility index (Phi) is 9.81. The lowest BCUT2D eigenvalue weighted by molar-refractivity contribution is -0.204. The maximum Gasteiger partial charge on any atom is 0.338 e. The number of rotatable bonds is 9. The summed E-state index contributed by atoms with van der Waals surface area (Å²) in [5.74, 6) is -3.85. The van der Waals surface area contributed by atoms with Crippen LogP contribution in [0.3, 0.4) is 0 Å². The predicted octanol–water partition coefficient (Wildman–Crippen LogP) is 1.43. The highest BCUT2D eigenvalue weighted by Crippen LogP contribution is 2.38. The fourth-order valence-corrected chi connectivity index (χ4v) is 4.17. The first-order valence-corrected chi connectivity index (χ1v) is 12.1. The fraction of sp³-hybridized carbons (Fsp3) is 0.321. The lowest BCUT2D eigenvalue weighted by atomic mass is 9.79. The van der Waals surface area contributed by atoms with Crippen LogP contribution < -0.4 is 9.47 Å². The van der Waals surface area contributed by atoms with Crippen molar-refractivity contribution in [2.24, 2.45) is 0 Å². The third-order valence-electron chi connectivity index (χ3n) is 6.27. The monoisotopic (exact) mass is 574 g/mol. The molecular formula is C28H30O13. The van der Waals surface area contributed by atoms with Gasteiger partial charge in [0, 0.05) is 25.0 Å². The lowest BCUT2D eigenvalue weighted by Crippen LogP contribution is -2.58. The Morgan fingerprint density at radius 1 is 0.805 bits per heavy atom. The minimum absolute atomic E-state index is 0.0872. The topological polar surface area (TPSA) is 199 Å². The summed E-state index contributed by atoms with van der Waals surface area (Å²) in [6, 6.07) is 6.67. The van der Waals surface area contributed by atoms with Crippen LogP contribution in [0.5, 0.6) is 28.7 Å². The van der Waals surface area contributed by atoms with E-state index in [4.69, 9.17) is 18.9 Å². The number of hydrogen-bond acceptors (Lipinski definition) is 13. The van der Waals surface area contributed by atoms with Gasteiger partial charge in [0.05, 0.1) is 21.3 Å². The minimum atomic E-state index is -2.25. The number of benzene rings is 2. The molecule has 1 aliphatic rings. The van der Waals surface area contributed by atoms with Gasteiger partial charge in [-0.15, -0.1) is 0 Å². The van der Waals surface area contributed by atoms with Gasteiger partial charge in [0.15, 0.2) is 28.6 Å². The van der Waals surface area contributed by atoms with Gasteiger partial charge in [-0.1, -0.05) is 6.07 Å². The first-order valence-electron chi connectivity index (χ1n) is 12.1.